The molecule has 1 aliphatic heterocycles. The Balaban J connectivity index is 1.31. The van der Waals surface area contributed by atoms with Crippen molar-refractivity contribution in [1.29, 1.82) is 5.26 Å². The summed E-state index contributed by atoms with van der Waals surface area (Å²) >= 11 is 0. The second-order valence-electron chi connectivity index (χ2n) is 12.1. The van der Waals surface area contributed by atoms with Crippen molar-refractivity contribution in [2.24, 2.45) is 0 Å². The van der Waals surface area contributed by atoms with Gasteiger partial charge in [0.1, 0.15) is 23.3 Å². The summed E-state index contributed by atoms with van der Waals surface area (Å²) in [6, 6.07) is 11.7. The quantitative estimate of drug-likeness (QED) is 0.241. The number of fused-ring (bicyclic) bond motifs is 2. The summed E-state index contributed by atoms with van der Waals surface area (Å²) < 4.78 is 21.9. The largest absolute Gasteiger partial charge is 0.444 e. The maximum absolute atomic E-state index is 14.4. The summed E-state index contributed by atoms with van der Waals surface area (Å²) in [5.74, 6) is -1.06. The predicted molar refractivity (Wildman–Crippen MR) is 170 cm³/mol. The minimum atomic E-state index is -0.761. The number of halogens is 1. The van der Waals surface area contributed by atoms with Gasteiger partial charge in [0.2, 0.25) is 0 Å². The highest BCUT2D eigenvalue weighted by atomic mass is 19.1. The number of ether oxygens (including phenoxy) is 1. The van der Waals surface area contributed by atoms with Crippen molar-refractivity contribution in [2.75, 3.05) is 18.8 Å². The van der Waals surface area contributed by atoms with Gasteiger partial charge in [0.25, 0.3) is 5.91 Å². The van der Waals surface area contributed by atoms with Crippen molar-refractivity contribution in [3.05, 3.63) is 88.9 Å². The number of benzene rings is 2. The molecular weight excluding hydrogens is 589 g/mol. The van der Waals surface area contributed by atoms with Crippen LogP contribution < -0.4 is 11.1 Å². The lowest BCUT2D eigenvalue weighted by molar-refractivity contribution is 0.0270. The molecule has 234 valence electrons. The van der Waals surface area contributed by atoms with Crippen LogP contribution in [0, 0.1) is 17.1 Å². The summed E-state index contributed by atoms with van der Waals surface area (Å²) in [6.07, 6.45) is 5.41. The molecule has 2 amide bonds. The molecule has 6 rings (SSSR count). The van der Waals surface area contributed by atoms with Crippen molar-refractivity contribution >= 4 is 45.5 Å². The van der Waals surface area contributed by atoms with Crippen LogP contribution in [0.2, 0.25) is 0 Å². The van der Waals surface area contributed by atoms with Crippen molar-refractivity contribution in [2.45, 2.75) is 45.9 Å². The van der Waals surface area contributed by atoms with Crippen LogP contribution in [0.3, 0.4) is 0 Å². The number of amides is 2. The lowest BCUT2D eigenvalue weighted by atomic mass is 9.96. The van der Waals surface area contributed by atoms with E-state index in [-0.39, 0.29) is 23.8 Å². The number of nitrogens with zero attached hydrogens (tertiary/aromatic N) is 6. The van der Waals surface area contributed by atoms with Crippen LogP contribution in [-0.2, 0) is 17.8 Å². The summed E-state index contributed by atoms with van der Waals surface area (Å²) in [5.41, 5.74) is 11.2. The molecule has 2 aromatic carbocycles. The Morgan fingerprint density at radius 1 is 1.17 bits per heavy atom. The Morgan fingerprint density at radius 2 is 2.00 bits per heavy atom. The maximum Gasteiger partial charge on any atom is 0.410 e. The number of carbonyl (C=O) groups is 2. The Hall–Kier alpha value is -5.77. The van der Waals surface area contributed by atoms with Crippen molar-refractivity contribution in [3.63, 3.8) is 0 Å². The number of nitrogens with one attached hydrogen (secondary N) is 2. The first-order chi connectivity index (χ1) is 22.0. The fourth-order valence-electron chi connectivity index (χ4n) is 5.44. The van der Waals surface area contributed by atoms with Crippen LogP contribution in [0.15, 0.2) is 55.1 Å². The molecule has 4 heterocycles. The molecule has 0 aliphatic carbocycles. The molecule has 12 nitrogen and oxygen atoms in total. The highest BCUT2D eigenvalue weighted by molar-refractivity contribution is 5.95. The van der Waals surface area contributed by atoms with E-state index in [2.05, 4.69) is 37.4 Å². The topological polar surface area (TPSA) is 168 Å². The zero-order valence-corrected chi connectivity index (χ0v) is 25.6. The summed E-state index contributed by atoms with van der Waals surface area (Å²) in [5, 5.41) is 12.7. The van der Waals surface area contributed by atoms with Crippen LogP contribution in [0.25, 0.3) is 27.6 Å². The summed E-state index contributed by atoms with van der Waals surface area (Å²) in [7, 11) is 0. The van der Waals surface area contributed by atoms with Crippen LogP contribution in [0.5, 0.6) is 0 Å². The molecular formula is C33H32FN9O3. The average molecular weight is 622 g/mol. The third kappa shape index (κ3) is 6.23. The predicted octanol–water partition coefficient (Wildman–Crippen LogP) is 4.90. The van der Waals surface area contributed by atoms with E-state index in [0.29, 0.717) is 48.7 Å². The monoisotopic (exact) mass is 621 g/mol. The normalized spacial score (nSPS) is 13.5. The SMILES string of the molecule is CC(C)(C)OC(=O)N1CC=C(c2cc(Cn3cnc4c(N)ncnc43)c3[nH]c(CNC(=O)c4ccc(C#N)cc4F)cc3c2)CC1. The van der Waals surface area contributed by atoms with E-state index in [1.807, 2.05) is 43.5 Å². The third-order valence-electron chi connectivity index (χ3n) is 7.65. The number of aromatic amines is 1. The van der Waals surface area contributed by atoms with E-state index in [1.54, 1.807) is 11.2 Å². The molecule has 3 aromatic heterocycles. The fourth-order valence-corrected chi connectivity index (χ4v) is 5.44. The van der Waals surface area contributed by atoms with Gasteiger partial charge in [-0.25, -0.2) is 24.1 Å². The van der Waals surface area contributed by atoms with Gasteiger partial charge < -0.3 is 30.2 Å². The van der Waals surface area contributed by atoms with E-state index >= 15 is 0 Å². The van der Waals surface area contributed by atoms with E-state index in [4.69, 9.17) is 15.7 Å². The first kappa shape index (κ1) is 30.3. The van der Waals surface area contributed by atoms with Gasteiger partial charge in [0.05, 0.1) is 42.1 Å². The van der Waals surface area contributed by atoms with Gasteiger partial charge in [-0.3, -0.25) is 4.79 Å². The van der Waals surface area contributed by atoms with E-state index in [1.165, 1.54) is 18.5 Å². The van der Waals surface area contributed by atoms with Crippen molar-refractivity contribution in [3.8, 4) is 6.07 Å². The van der Waals surface area contributed by atoms with Crippen LogP contribution in [-0.4, -0.2) is 60.1 Å². The number of imidazole rings is 1. The number of nitrogen functional groups attached to an aromatic ring is 1. The van der Waals surface area contributed by atoms with Crippen LogP contribution in [0.1, 0.15) is 59.9 Å². The second kappa shape index (κ2) is 12.0. The zero-order chi connectivity index (χ0) is 32.6. The first-order valence-corrected chi connectivity index (χ1v) is 14.7. The molecule has 5 aromatic rings. The zero-order valence-electron chi connectivity index (χ0n) is 25.6. The summed E-state index contributed by atoms with van der Waals surface area (Å²) in [4.78, 5) is 43.3. The Labute approximate surface area is 263 Å². The second-order valence-corrected chi connectivity index (χ2v) is 12.1. The van der Waals surface area contributed by atoms with Gasteiger partial charge >= 0.3 is 6.09 Å². The number of nitrogens with two attached hydrogens (primary N) is 1. The van der Waals surface area contributed by atoms with E-state index in [0.717, 1.165) is 33.7 Å². The van der Waals surface area contributed by atoms with Gasteiger partial charge in [-0.2, -0.15) is 5.26 Å². The fraction of sp³-hybridized carbons (Fsp3) is 0.273. The van der Waals surface area contributed by atoms with Crippen molar-refractivity contribution < 1.29 is 18.7 Å². The highest BCUT2D eigenvalue weighted by Crippen LogP contribution is 2.31. The number of carbonyl (C=O) groups excluding carboxylic acids is 2. The molecule has 0 atom stereocenters. The molecule has 46 heavy (non-hydrogen) atoms. The molecule has 0 bridgehead atoms. The van der Waals surface area contributed by atoms with E-state index < -0.39 is 17.3 Å². The summed E-state index contributed by atoms with van der Waals surface area (Å²) in [6.45, 7) is 7.02. The maximum atomic E-state index is 14.4. The molecule has 0 fully saturated rings. The Morgan fingerprint density at radius 3 is 2.72 bits per heavy atom. The molecule has 0 radical (unpaired) electrons. The highest BCUT2D eigenvalue weighted by Gasteiger charge is 2.24. The van der Waals surface area contributed by atoms with Gasteiger partial charge in [-0.05, 0) is 80.3 Å². The molecule has 0 unspecified atom stereocenters. The van der Waals surface area contributed by atoms with Gasteiger partial charge in [0.15, 0.2) is 11.5 Å². The number of H-pyrrole nitrogens is 1. The number of rotatable bonds is 6. The number of anilines is 1. The minimum absolute atomic E-state index is 0.118. The number of hydrogen-bond donors (Lipinski definition) is 3. The third-order valence-corrected chi connectivity index (χ3v) is 7.65. The molecule has 0 spiro atoms. The molecule has 1 aliphatic rings. The lowest BCUT2D eigenvalue weighted by Crippen LogP contribution is -2.39. The Kier molecular flexibility index (Phi) is 7.87. The van der Waals surface area contributed by atoms with Gasteiger partial charge in [0, 0.05) is 24.2 Å². The number of nitriles is 1. The number of aromatic nitrogens is 5. The standard InChI is InChI=1S/C33H32FN9O3/c1-33(2,3)46-32(45)42-8-6-20(7-9-42)21-11-22-13-24(15-37-31(44)25-5-4-19(14-35)10-26(25)34)41-27(22)23(12-21)16-43-18-40-28-29(36)38-17-39-30(28)43/h4-6,10-13,17-18,41H,7-9,15-16H2,1-3H3,(H,37,44)(H2,36,38,39). The van der Waals surface area contributed by atoms with Crippen molar-refractivity contribution in [1.82, 2.24) is 34.7 Å². The molecule has 0 saturated carbocycles. The first-order valence-electron chi connectivity index (χ1n) is 14.7. The van der Waals surface area contributed by atoms with E-state index in [9.17, 15) is 14.0 Å². The van der Waals surface area contributed by atoms with Gasteiger partial charge in [-0.15, -0.1) is 0 Å². The van der Waals surface area contributed by atoms with Crippen LogP contribution in [0.4, 0.5) is 15.0 Å². The van der Waals surface area contributed by atoms with Crippen LogP contribution >= 0.6 is 0 Å². The molecule has 4 N–H and O–H groups in total. The molecule has 0 saturated heterocycles. The van der Waals surface area contributed by atoms with Gasteiger partial charge in [-0.1, -0.05) is 6.08 Å². The Bertz CT molecular complexity index is 2070. The average Bonchev–Trinajstić information content (AvgIpc) is 3.64. The minimum Gasteiger partial charge on any atom is -0.444 e. The number of hydrogen-bond acceptors (Lipinski definition) is 8. The smallest absolute Gasteiger partial charge is 0.410 e. The lowest BCUT2D eigenvalue weighted by Gasteiger charge is -2.29. The molecule has 13 heteroatoms.